The van der Waals surface area contributed by atoms with Crippen molar-refractivity contribution in [3.63, 3.8) is 0 Å². The number of rotatable bonds is 6. The van der Waals surface area contributed by atoms with Gasteiger partial charge in [-0.3, -0.25) is 14.7 Å². The zero-order valence-corrected chi connectivity index (χ0v) is 17.7. The van der Waals surface area contributed by atoms with Gasteiger partial charge in [0.15, 0.2) is 11.5 Å². The van der Waals surface area contributed by atoms with Gasteiger partial charge in [-0.05, 0) is 24.5 Å². The van der Waals surface area contributed by atoms with Crippen LogP contribution in [0.1, 0.15) is 47.6 Å². The fraction of sp³-hybridized carbons (Fsp3) is 0.261. The van der Waals surface area contributed by atoms with Gasteiger partial charge >= 0.3 is 0 Å². The van der Waals surface area contributed by atoms with Crippen LogP contribution in [0.4, 0.5) is 0 Å². The van der Waals surface area contributed by atoms with E-state index in [1.165, 1.54) is 4.68 Å². The zero-order chi connectivity index (χ0) is 22.0. The van der Waals surface area contributed by atoms with Gasteiger partial charge in [-0.15, -0.1) is 0 Å². The number of nitrogens with zero attached hydrogens (tertiary/aromatic N) is 4. The number of benzene rings is 2. The first-order valence-electron chi connectivity index (χ1n) is 10.2. The highest BCUT2D eigenvalue weighted by molar-refractivity contribution is 6.05. The number of amides is 1. The van der Waals surface area contributed by atoms with Gasteiger partial charge in [0.05, 0.1) is 5.39 Å². The summed E-state index contributed by atoms with van der Waals surface area (Å²) < 4.78 is 1.37. The van der Waals surface area contributed by atoms with Crippen LogP contribution in [0.25, 0.3) is 10.8 Å². The van der Waals surface area contributed by atoms with E-state index in [4.69, 9.17) is 0 Å². The third kappa shape index (κ3) is 4.23. The molecule has 8 nitrogen and oxygen atoms in total. The van der Waals surface area contributed by atoms with E-state index in [0.29, 0.717) is 29.0 Å². The first-order chi connectivity index (χ1) is 14.9. The molecular weight excluding hydrogens is 392 g/mol. The molecule has 8 heteroatoms. The van der Waals surface area contributed by atoms with Crippen molar-refractivity contribution >= 4 is 16.7 Å². The molecule has 2 heterocycles. The van der Waals surface area contributed by atoms with Crippen molar-refractivity contribution in [3.05, 3.63) is 87.9 Å². The molecule has 31 heavy (non-hydrogen) atoms. The minimum Gasteiger partial charge on any atom is -0.336 e. The molecule has 0 aliphatic rings. The van der Waals surface area contributed by atoms with Crippen LogP contribution >= 0.6 is 0 Å². The van der Waals surface area contributed by atoms with E-state index in [1.54, 1.807) is 31.2 Å². The smallest absolute Gasteiger partial charge is 0.274 e. The minimum absolute atomic E-state index is 0.198. The topological polar surface area (TPSA) is 106 Å². The van der Waals surface area contributed by atoms with Gasteiger partial charge in [-0.2, -0.15) is 10.2 Å². The highest BCUT2D eigenvalue weighted by Gasteiger charge is 2.24. The number of aryl methyl sites for hydroxylation is 1. The normalized spacial score (nSPS) is 12.3. The highest BCUT2D eigenvalue weighted by atomic mass is 16.2. The molecule has 1 amide bonds. The largest absolute Gasteiger partial charge is 0.336 e. The molecule has 158 valence electrons. The Morgan fingerprint density at radius 2 is 1.74 bits per heavy atom. The van der Waals surface area contributed by atoms with E-state index < -0.39 is 11.9 Å². The number of nitrogens with one attached hydrogen (secondary N) is 2. The zero-order valence-electron chi connectivity index (χ0n) is 17.7. The lowest BCUT2D eigenvalue weighted by Gasteiger charge is -2.18. The third-order valence-corrected chi connectivity index (χ3v) is 4.90. The summed E-state index contributed by atoms with van der Waals surface area (Å²) in [5.74, 6) is 0.914. The Kier molecular flexibility index (Phi) is 5.62. The number of hydrogen-bond acceptors (Lipinski definition) is 5. The van der Waals surface area contributed by atoms with Crippen molar-refractivity contribution in [3.8, 4) is 0 Å². The molecule has 4 rings (SSSR count). The van der Waals surface area contributed by atoms with E-state index in [0.717, 1.165) is 5.56 Å². The van der Waals surface area contributed by atoms with Crippen molar-refractivity contribution in [2.24, 2.45) is 5.92 Å². The SMILES string of the molecule is Cc1nc(C(NC(=O)c2nn(CC(C)C)c(=O)c3ccccc23)c2ccccc2)n[nH]1. The number of aromatic amines is 1. The molecule has 1 atom stereocenters. The maximum atomic E-state index is 13.4. The number of carbonyl (C=O) groups is 1. The van der Waals surface area contributed by atoms with Crippen LogP contribution in [0.15, 0.2) is 59.4 Å². The molecule has 0 fully saturated rings. The number of H-pyrrole nitrogens is 1. The molecule has 4 aromatic rings. The van der Waals surface area contributed by atoms with Crippen LogP contribution in [0.3, 0.4) is 0 Å². The highest BCUT2D eigenvalue weighted by Crippen LogP contribution is 2.21. The fourth-order valence-electron chi connectivity index (χ4n) is 3.50. The van der Waals surface area contributed by atoms with Crippen LogP contribution in [0, 0.1) is 12.8 Å². The maximum Gasteiger partial charge on any atom is 0.274 e. The molecule has 0 aliphatic carbocycles. The summed E-state index contributed by atoms with van der Waals surface area (Å²) in [6, 6.07) is 16.0. The Hall–Kier alpha value is -3.81. The monoisotopic (exact) mass is 416 g/mol. The van der Waals surface area contributed by atoms with Gasteiger partial charge in [0.25, 0.3) is 11.5 Å². The van der Waals surface area contributed by atoms with Gasteiger partial charge in [0.2, 0.25) is 0 Å². The molecule has 0 bridgehead atoms. The van der Waals surface area contributed by atoms with Gasteiger partial charge in [0.1, 0.15) is 11.9 Å². The van der Waals surface area contributed by atoms with Crippen molar-refractivity contribution in [2.45, 2.75) is 33.4 Å². The summed E-state index contributed by atoms with van der Waals surface area (Å²) in [6.07, 6.45) is 0. The number of hydrogen-bond donors (Lipinski definition) is 2. The van der Waals surface area contributed by atoms with Gasteiger partial charge in [0, 0.05) is 11.9 Å². The van der Waals surface area contributed by atoms with Crippen molar-refractivity contribution in [1.29, 1.82) is 0 Å². The van der Waals surface area contributed by atoms with Crippen LogP contribution in [0.2, 0.25) is 0 Å². The molecule has 1 unspecified atom stereocenters. The van der Waals surface area contributed by atoms with Crippen LogP contribution < -0.4 is 10.9 Å². The first-order valence-corrected chi connectivity index (χ1v) is 10.2. The minimum atomic E-state index is -0.565. The number of carbonyl (C=O) groups excluding carboxylic acids is 1. The molecule has 2 aromatic heterocycles. The number of aromatic nitrogens is 5. The summed E-state index contributed by atoms with van der Waals surface area (Å²) in [7, 11) is 0. The molecule has 2 aromatic carbocycles. The van der Waals surface area contributed by atoms with Crippen molar-refractivity contribution < 1.29 is 4.79 Å². The van der Waals surface area contributed by atoms with Crippen LogP contribution in [-0.2, 0) is 6.54 Å². The molecule has 0 spiro atoms. The predicted octanol–water partition coefficient (Wildman–Crippen LogP) is 3.00. The second kappa shape index (κ2) is 8.51. The molecule has 0 saturated carbocycles. The van der Waals surface area contributed by atoms with Crippen molar-refractivity contribution in [1.82, 2.24) is 30.3 Å². The third-order valence-electron chi connectivity index (χ3n) is 4.90. The van der Waals surface area contributed by atoms with Gasteiger partial charge < -0.3 is 5.32 Å². The predicted molar refractivity (Wildman–Crippen MR) is 118 cm³/mol. The average molecular weight is 416 g/mol. The lowest BCUT2D eigenvalue weighted by Crippen LogP contribution is -2.34. The number of fused-ring (bicyclic) bond motifs is 1. The summed E-state index contributed by atoms with van der Waals surface area (Å²) in [5, 5.41) is 15.5. The molecule has 2 N–H and O–H groups in total. The lowest BCUT2D eigenvalue weighted by molar-refractivity contribution is 0.0935. The summed E-state index contributed by atoms with van der Waals surface area (Å²) in [5.41, 5.74) is 0.837. The van der Waals surface area contributed by atoms with E-state index >= 15 is 0 Å². The molecule has 0 radical (unpaired) electrons. The Bertz CT molecular complexity index is 1280. The molecule has 0 aliphatic heterocycles. The summed E-state index contributed by atoms with van der Waals surface area (Å²) in [4.78, 5) is 30.7. The van der Waals surface area contributed by atoms with Crippen LogP contribution in [-0.4, -0.2) is 30.9 Å². The lowest BCUT2D eigenvalue weighted by atomic mass is 10.1. The Morgan fingerprint density at radius 1 is 1.06 bits per heavy atom. The quantitative estimate of drug-likeness (QED) is 0.503. The Morgan fingerprint density at radius 3 is 2.39 bits per heavy atom. The van der Waals surface area contributed by atoms with E-state index in [9.17, 15) is 9.59 Å². The molecular formula is C23H24N6O2. The van der Waals surface area contributed by atoms with Crippen LogP contribution in [0.5, 0.6) is 0 Å². The Labute approximate surface area is 179 Å². The van der Waals surface area contributed by atoms with E-state index in [-0.39, 0.29) is 17.2 Å². The van der Waals surface area contributed by atoms with Gasteiger partial charge in [-0.1, -0.05) is 62.4 Å². The maximum absolute atomic E-state index is 13.4. The fourth-order valence-corrected chi connectivity index (χ4v) is 3.50. The standard InChI is InChI=1S/C23H24N6O2/c1-14(2)13-29-23(31)18-12-8-7-11-17(18)20(28-29)22(30)25-19(16-9-5-4-6-10-16)21-24-15(3)26-27-21/h4-12,14,19H,13H2,1-3H3,(H,25,30)(H,24,26,27). The van der Waals surface area contributed by atoms with E-state index in [2.05, 4.69) is 25.6 Å². The average Bonchev–Trinajstić information content (AvgIpc) is 3.20. The Balaban J connectivity index is 1.79. The summed E-state index contributed by atoms with van der Waals surface area (Å²) >= 11 is 0. The molecule has 0 saturated heterocycles. The van der Waals surface area contributed by atoms with E-state index in [1.807, 2.05) is 44.2 Å². The second-order valence-electron chi connectivity index (χ2n) is 7.87. The first kappa shape index (κ1) is 20.5. The van der Waals surface area contributed by atoms with Gasteiger partial charge in [-0.25, -0.2) is 9.67 Å². The van der Waals surface area contributed by atoms with Crippen molar-refractivity contribution in [2.75, 3.05) is 0 Å². The second-order valence-corrected chi connectivity index (χ2v) is 7.87. The summed E-state index contributed by atoms with van der Waals surface area (Å²) in [6.45, 7) is 6.23.